The van der Waals surface area contributed by atoms with E-state index in [4.69, 9.17) is 0 Å². The van der Waals surface area contributed by atoms with Crippen LogP contribution in [0.1, 0.15) is 0 Å². The second-order valence-electron chi connectivity index (χ2n) is 6.67. The minimum absolute atomic E-state index is 0.339. The molecule has 0 saturated heterocycles. The number of hydrogen-bond donors (Lipinski definition) is 1. The van der Waals surface area contributed by atoms with Gasteiger partial charge in [0.05, 0.1) is 30.0 Å². The summed E-state index contributed by atoms with van der Waals surface area (Å²) in [5, 5.41) is 0. The third-order valence-electron chi connectivity index (χ3n) is 4.22. The lowest BCUT2D eigenvalue weighted by atomic mass is 10.1. The summed E-state index contributed by atoms with van der Waals surface area (Å²) in [5.74, 6) is -0.339. The Kier molecular flexibility index (Phi) is 5.05. The molecular formula is C20H15F3N4O3S. The Morgan fingerprint density at radius 1 is 1.00 bits per heavy atom. The second-order valence-corrected chi connectivity index (χ2v) is 8.42. The van der Waals surface area contributed by atoms with Gasteiger partial charge in [-0.2, -0.15) is 0 Å². The van der Waals surface area contributed by atoms with Crippen LogP contribution in [0.3, 0.4) is 0 Å². The monoisotopic (exact) mass is 448 g/mol. The van der Waals surface area contributed by atoms with Gasteiger partial charge in [0.15, 0.2) is 5.65 Å². The number of ether oxygens (including phenoxy) is 1. The van der Waals surface area contributed by atoms with Gasteiger partial charge >= 0.3 is 6.36 Å². The Morgan fingerprint density at radius 3 is 2.48 bits per heavy atom. The largest absolute Gasteiger partial charge is 0.573 e. The number of halogens is 3. The van der Waals surface area contributed by atoms with Gasteiger partial charge in [0.1, 0.15) is 5.75 Å². The zero-order valence-corrected chi connectivity index (χ0v) is 16.8. The number of nitrogens with zero attached hydrogens (tertiary/aromatic N) is 3. The third kappa shape index (κ3) is 4.94. The molecule has 0 unspecified atom stereocenters. The first-order valence-corrected chi connectivity index (χ1v) is 10.7. The number of imidazole rings is 1. The van der Waals surface area contributed by atoms with Crippen molar-refractivity contribution in [3.8, 4) is 28.3 Å². The first-order valence-electron chi connectivity index (χ1n) is 8.85. The highest BCUT2D eigenvalue weighted by molar-refractivity contribution is 7.92. The van der Waals surface area contributed by atoms with Crippen LogP contribution in [0.5, 0.6) is 5.75 Å². The van der Waals surface area contributed by atoms with E-state index in [1.807, 2.05) is 0 Å². The predicted octanol–water partition coefficient (Wildman–Crippen LogP) is 4.33. The lowest BCUT2D eigenvalue weighted by Gasteiger charge is -2.10. The topological polar surface area (TPSA) is 85.6 Å². The van der Waals surface area contributed by atoms with Gasteiger partial charge in [0.2, 0.25) is 10.0 Å². The molecule has 0 amide bonds. The Morgan fingerprint density at radius 2 is 1.74 bits per heavy atom. The van der Waals surface area contributed by atoms with E-state index < -0.39 is 16.4 Å². The van der Waals surface area contributed by atoms with Gasteiger partial charge in [-0.05, 0) is 24.3 Å². The van der Waals surface area contributed by atoms with Crippen molar-refractivity contribution >= 4 is 21.4 Å². The van der Waals surface area contributed by atoms with E-state index in [1.165, 1.54) is 30.6 Å². The maximum Gasteiger partial charge on any atom is 0.573 e. The van der Waals surface area contributed by atoms with Crippen molar-refractivity contribution in [1.82, 2.24) is 14.4 Å². The Bertz CT molecular complexity index is 1370. The molecule has 0 fully saturated rings. The molecule has 160 valence electrons. The second kappa shape index (κ2) is 7.58. The summed E-state index contributed by atoms with van der Waals surface area (Å²) in [6.45, 7) is 0. The van der Waals surface area contributed by atoms with Gasteiger partial charge < -0.3 is 4.74 Å². The van der Waals surface area contributed by atoms with Crippen molar-refractivity contribution in [2.75, 3.05) is 11.0 Å². The van der Waals surface area contributed by atoms with Crippen LogP contribution < -0.4 is 9.46 Å². The summed E-state index contributed by atoms with van der Waals surface area (Å²) in [4.78, 5) is 8.60. The van der Waals surface area contributed by atoms with Crippen LogP contribution in [0.2, 0.25) is 0 Å². The fraction of sp³-hybridized carbons (Fsp3) is 0.100. The molecule has 4 rings (SSSR count). The van der Waals surface area contributed by atoms with Crippen molar-refractivity contribution in [2.24, 2.45) is 0 Å². The predicted molar refractivity (Wildman–Crippen MR) is 109 cm³/mol. The van der Waals surface area contributed by atoms with Gasteiger partial charge in [0.25, 0.3) is 0 Å². The van der Waals surface area contributed by atoms with E-state index in [-0.39, 0.29) is 5.75 Å². The van der Waals surface area contributed by atoms with Crippen molar-refractivity contribution in [2.45, 2.75) is 6.36 Å². The number of aromatic nitrogens is 3. The minimum Gasteiger partial charge on any atom is -0.406 e. The third-order valence-corrected chi connectivity index (χ3v) is 4.83. The number of anilines is 1. The number of nitrogens with one attached hydrogen (secondary N) is 1. The lowest BCUT2D eigenvalue weighted by molar-refractivity contribution is -0.274. The number of benzene rings is 2. The maximum absolute atomic E-state index is 12.6. The van der Waals surface area contributed by atoms with Crippen LogP contribution in [0, 0.1) is 0 Å². The zero-order chi connectivity index (χ0) is 22.2. The van der Waals surface area contributed by atoms with E-state index in [2.05, 4.69) is 19.4 Å². The molecule has 0 aliphatic heterocycles. The summed E-state index contributed by atoms with van der Waals surface area (Å²) < 4.78 is 68.7. The number of sulfonamides is 1. The van der Waals surface area contributed by atoms with Gasteiger partial charge in [-0.1, -0.05) is 24.3 Å². The summed E-state index contributed by atoms with van der Waals surface area (Å²) >= 11 is 0. The highest BCUT2D eigenvalue weighted by Gasteiger charge is 2.31. The lowest BCUT2D eigenvalue weighted by Crippen LogP contribution is -2.17. The van der Waals surface area contributed by atoms with E-state index in [0.717, 1.165) is 6.26 Å². The average Bonchev–Trinajstić information content (AvgIpc) is 3.09. The first-order chi connectivity index (χ1) is 14.6. The van der Waals surface area contributed by atoms with E-state index >= 15 is 0 Å². The van der Waals surface area contributed by atoms with Crippen molar-refractivity contribution in [3.05, 3.63) is 67.1 Å². The molecule has 0 aliphatic rings. The Balaban J connectivity index is 1.74. The smallest absolute Gasteiger partial charge is 0.406 e. The van der Waals surface area contributed by atoms with Crippen LogP contribution in [0.4, 0.5) is 18.9 Å². The molecule has 0 saturated carbocycles. The van der Waals surface area contributed by atoms with Crippen LogP contribution >= 0.6 is 0 Å². The van der Waals surface area contributed by atoms with Crippen molar-refractivity contribution < 1.29 is 26.3 Å². The van der Waals surface area contributed by atoms with Gasteiger partial charge in [0, 0.05) is 23.0 Å². The maximum atomic E-state index is 12.6. The average molecular weight is 448 g/mol. The fourth-order valence-electron chi connectivity index (χ4n) is 3.06. The van der Waals surface area contributed by atoms with Crippen LogP contribution in [-0.2, 0) is 10.0 Å². The molecule has 1 N–H and O–H groups in total. The molecule has 11 heteroatoms. The SMILES string of the molecule is CS(=O)(=O)Nc1cccc(-c2cn3c(-c4cccc(OC(F)(F)F)c4)cnc3cn2)c1. The Labute approximate surface area is 175 Å². The van der Waals surface area contributed by atoms with E-state index in [9.17, 15) is 21.6 Å². The quantitative estimate of drug-likeness (QED) is 0.491. The van der Waals surface area contributed by atoms with Crippen LogP contribution in [0.15, 0.2) is 67.1 Å². The van der Waals surface area contributed by atoms with Gasteiger partial charge in [-0.3, -0.25) is 14.1 Å². The number of hydrogen-bond acceptors (Lipinski definition) is 5. The summed E-state index contributed by atoms with van der Waals surface area (Å²) in [5.41, 5.74) is 3.04. The number of alkyl halides is 3. The molecule has 2 aromatic heterocycles. The minimum atomic E-state index is -4.79. The van der Waals surface area contributed by atoms with Crippen LogP contribution in [-0.4, -0.2) is 35.4 Å². The fourth-order valence-corrected chi connectivity index (χ4v) is 3.62. The molecule has 2 heterocycles. The molecule has 0 bridgehead atoms. The molecular weight excluding hydrogens is 433 g/mol. The standard InChI is InChI=1S/C20H15F3N4O3S/c1-31(28,29)26-15-6-2-4-13(8-15)17-12-27-18(10-25-19(27)11-24-17)14-5-3-7-16(9-14)30-20(21,22)23/h2-12,26H,1H3. The molecule has 2 aromatic carbocycles. The molecule has 31 heavy (non-hydrogen) atoms. The van der Waals surface area contributed by atoms with Crippen molar-refractivity contribution in [1.29, 1.82) is 0 Å². The highest BCUT2D eigenvalue weighted by Crippen LogP contribution is 2.29. The van der Waals surface area contributed by atoms with Crippen molar-refractivity contribution in [3.63, 3.8) is 0 Å². The summed E-state index contributed by atoms with van der Waals surface area (Å²) in [7, 11) is -3.44. The zero-order valence-electron chi connectivity index (χ0n) is 16.0. The highest BCUT2D eigenvalue weighted by atomic mass is 32.2. The Hall–Kier alpha value is -3.60. The number of rotatable bonds is 5. The summed E-state index contributed by atoms with van der Waals surface area (Å²) in [6, 6.07) is 12.3. The molecule has 0 atom stereocenters. The van der Waals surface area contributed by atoms with Gasteiger partial charge in [-0.25, -0.2) is 13.4 Å². The molecule has 0 spiro atoms. The normalized spacial score (nSPS) is 12.1. The van der Waals surface area contributed by atoms with Gasteiger partial charge in [-0.15, -0.1) is 13.2 Å². The molecule has 7 nitrogen and oxygen atoms in total. The molecule has 4 aromatic rings. The molecule has 0 aliphatic carbocycles. The van der Waals surface area contributed by atoms with Crippen LogP contribution in [0.25, 0.3) is 28.2 Å². The van der Waals surface area contributed by atoms with E-state index in [0.29, 0.717) is 33.8 Å². The summed E-state index contributed by atoms with van der Waals surface area (Å²) in [6.07, 6.45) is 0.980. The van der Waals surface area contributed by atoms with E-state index in [1.54, 1.807) is 40.9 Å². The number of fused-ring (bicyclic) bond motifs is 1. The first kappa shape index (κ1) is 20.7. The molecule has 0 radical (unpaired) electrons.